The van der Waals surface area contributed by atoms with Gasteiger partial charge in [0.15, 0.2) is 0 Å². The number of amides is 1. The fraction of sp³-hybridized carbons (Fsp3) is 0.350. The Morgan fingerprint density at radius 3 is 2.31 bits per heavy atom. The molecule has 0 fully saturated rings. The molecule has 138 valence electrons. The third kappa shape index (κ3) is 5.61. The van der Waals surface area contributed by atoms with Crippen molar-refractivity contribution in [2.45, 2.75) is 32.6 Å². The Labute approximate surface area is 155 Å². The van der Waals surface area contributed by atoms with Crippen LogP contribution < -0.4 is 10.2 Å². The minimum atomic E-state index is -1.62. The number of carbonyl (C=O) groups is 1. The van der Waals surface area contributed by atoms with Gasteiger partial charge in [-0.25, -0.2) is 0 Å². The number of anilines is 1. The van der Waals surface area contributed by atoms with Gasteiger partial charge in [0.05, 0.1) is 12.4 Å². The highest BCUT2D eigenvalue weighted by molar-refractivity contribution is 6.43. The highest BCUT2D eigenvalue weighted by atomic mass is 16.4. The zero-order chi connectivity index (χ0) is 19.3. The second-order valence-electron chi connectivity index (χ2n) is 6.96. The van der Waals surface area contributed by atoms with Gasteiger partial charge in [-0.2, -0.15) is 0 Å². The minimum Gasteiger partial charge on any atom is -0.426 e. The summed E-state index contributed by atoms with van der Waals surface area (Å²) in [7, 11) is 2.31. The molecular formula is C20H27BN2O3. The highest BCUT2D eigenvalue weighted by Gasteiger charge is 2.26. The van der Waals surface area contributed by atoms with Crippen LogP contribution in [0.1, 0.15) is 22.3 Å². The summed E-state index contributed by atoms with van der Waals surface area (Å²) in [6, 6.07) is 13.7. The average molecular weight is 354 g/mol. The van der Waals surface area contributed by atoms with Crippen LogP contribution >= 0.6 is 0 Å². The summed E-state index contributed by atoms with van der Waals surface area (Å²) in [6.07, 6.45) is 0.568. The number of benzene rings is 2. The summed E-state index contributed by atoms with van der Waals surface area (Å²) in [5.74, 6) is -0.976. The van der Waals surface area contributed by atoms with Crippen LogP contribution in [0.25, 0.3) is 0 Å². The second kappa shape index (κ2) is 8.87. The van der Waals surface area contributed by atoms with Crippen molar-refractivity contribution in [3.05, 3.63) is 64.7 Å². The van der Waals surface area contributed by atoms with Crippen molar-refractivity contribution in [3.8, 4) is 0 Å². The first-order chi connectivity index (χ1) is 12.3. The number of hydrogen-bond donors (Lipinski definition) is 3. The molecule has 0 aromatic heterocycles. The predicted molar refractivity (Wildman–Crippen MR) is 106 cm³/mol. The number of rotatable bonds is 7. The van der Waals surface area contributed by atoms with E-state index in [4.69, 9.17) is 0 Å². The molecule has 0 aliphatic heterocycles. The third-order valence-corrected chi connectivity index (χ3v) is 4.46. The average Bonchev–Trinajstić information content (AvgIpc) is 2.56. The van der Waals surface area contributed by atoms with Crippen molar-refractivity contribution < 1.29 is 14.8 Å². The van der Waals surface area contributed by atoms with Crippen molar-refractivity contribution in [1.82, 2.24) is 5.32 Å². The van der Waals surface area contributed by atoms with Crippen LogP contribution in [-0.2, 0) is 17.6 Å². The van der Waals surface area contributed by atoms with Crippen LogP contribution in [0.3, 0.4) is 0 Å². The number of aryl methyl sites for hydroxylation is 2. The maximum absolute atomic E-state index is 12.3. The molecule has 2 aromatic rings. The first-order valence-corrected chi connectivity index (χ1v) is 8.74. The van der Waals surface area contributed by atoms with Gasteiger partial charge in [0.1, 0.15) is 0 Å². The summed E-state index contributed by atoms with van der Waals surface area (Å²) in [6.45, 7) is 4.00. The van der Waals surface area contributed by atoms with Crippen LogP contribution in [0, 0.1) is 13.8 Å². The van der Waals surface area contributed by atoms with Gasteiger partial charge >= 0.3 is 7.12 Å². The molecule has 1 amide bonds. The maximum atomic E-state index is 12.3. The molecule has 5 nitrogen and oxygen atoms in total. The lowest BCUT2D eigenvalue weighted by atomic mass is 9.75. The van der Waals surface area contributed by atoms with Crippen molar-refractivity contribution in [3.63, 3.8) is 0 Å². The van der Waals surface area contributed by atoms with E-state index in [2.05, 4.69) is 5.32 Å². The van der Waals surface area contributed by atoms with Crippen LogP contribution in [-0.4, -0.2) is 43.1 Å². The van der Waals surface area contributed by atoms with Crippen LogP contribution in [0.5, 0.6) is 0 Å². The summed E-state index contributed by atoms with van der Waals surface area (Å²) >= 11 is 0. The Kier molecular flexibility index (Phi) is 6.83. The Morgan fingerprint density at radius 2 is 1.77 bits per heavy atom. The lowest BCUT2D eigenvalue weighted by molar-refractivity contribution is -0.120. The van der Waals surface area contributed by atoms with Gasteiger partial charge in [0.25, 0.3) is 0 Å². The Bertz CT molecular complexity index is 745. The standard InChI is InChI=1S/C20H27BN2O3/c1-14-5-8-17(15(2)11-14)13-19(21(25)26)22-20(24)12-16-6-9-18(10-7-16)23(3)4/h5-11,19,25-26H,12-13H2,1-4H3,(H,22,24). The molecule has 0 saturated carbocycles. The molecule has 0 radical (unpaired) electrons. The molecule has 2 aromatic carbocycles. The first-order valence-electron chi connectivity index (χ1n) is 8.74. The van der Waals surface area contributed by atoms with Crippen LogP contribution in [0.2, 0.25) is 0 Å². The zero-order valence-corrected chi connectivity index (χ0v) is 15.9. The number of hydrogen-bond acceptors (Lipinski definition) is 4. The van der Waals surface area contributed by atoms with E-state index in [-0.39, 0.29) is 12.3 Å². The molecular weight excluding hydrogens is 327 g/mol. The fourth-order valence-electron chi connectivity index (χ4n) is 2.90. The second-order valence-corrected chi connectivity index (χ2v) is 6.96. The van der Waals surface area contributed by atoms with E-state index in [0.29, 0.717) is 6.42 Å². The van der Waals surface area contributed by atoms with Gasteiger partial charge in [-0.15, -0.1) is 0 Å². The molecule has 0 heterocycles. The molecule has 3 N–H and O–H groups in total. The smallest absolute Gasteiger partial charge is 0.426 e. The normalized spacial score (nSPS) is 11.8. The Morgan fingerprint density at radius 1 is 1.12 bits per heavy atom. The SMILES string of the molecule is Cc1ccc(CC(NC(=O)Cc2ccc(N(C)C)cc2)B(O)O)c(C)c1. The number of nitrogens with one attached hydrogen (secondary N) is 1. The fourth-order valence-corrected chi connectivity index (χ4v) is 2.90. The third-order valence-electron chi connectivity index (χ3n) is 4.46. The Balaban J connectivity index is 2.01. The molecule has 0 saturated heterocycles. The zero-order valence-electron chi connectivity index (χ0n) is 15.9. The first kappa shape index (κ1) is 20.0. The molecule has 0 bridgehead atoms. The monoisotopic (exact) mass is 354 g/mol. The van der Waals surface area contributed by atoms with Crippen molar-refractivity contribution in [1.29, 1.82) is 0 Å². The summed E-state index contributed by atoms with van der Waals surface area (Å²) in [5.41, 5.74) is 5.16. The van der Waals surface area contributed by atoms with Gasteiger partial charge in [0, 0.05) is 19.8 Å². The predicted octanol–water partition coefficient (Wildman–Crippen LogP) is 1.65. The largest absolute Gasteiger partial charge is 0.475 e. The molecule has 0 aliphatic carbocycles. The maximum Gasteiger partial charge on any atom is 0.475 e. The van der Waals surface area contributed by atoms with Gasteiger partial charge in [-0.05, 0) is 49.1 Å². The lowest BCUT2D eigenvalue weighted by Crippen LogP contribution is -2.48. The Hall–Kier alpha value is -2.31. The van der Waals surface area contributed by atoms with E-state index in [1.165, 1.54) is 0 Å². The topological polar surface area (TPSA) is 72.8 Å². The molecule has 0 aliphatic rings. The van der Waals surface area contributed by atoms with E-state index in [9.17, 15) is 14.8 Å². The quantitative estimate of drug-likeness (QED) is 0.661. The van der Waals surface area contributed by atoms with E-state index in [1.807, 2.05) is 75.3 Å². The highest BCUT2D eigenvalue weighted by Crippen LogP contribution is 2.14. The van der Waals surface area contributed by atoms with E-state index >= 15 is 0 Å². The number of carbonyl (C=O) groups excluding carboxylic acids is 1. The molecule has 6 heteroatoms. The van der Waals surface area contributed by atoms with Crippen LogP contribution in [0.15, 0.2) is 42.5 Å². The van der Waals surface area contributed by atoms with Crippen molar-refractivity contribution >= 4 is 18.7 Å². The molecule has 1 unspecified atom stereocenters. The van der Waals surface area contributed by atoms with Gasteiger partial charge in [-0.3, -0.25) is 4.79 Å². The van der Waals surface area contributed by atoms with Gasteiger partial charge in [0.2, 0.25) is 5.91 Å². The van der Waals surface area contributed by atoms with Gasteiger partial charge < -0.3 is 20.3 Å². The molecule has 26 heavy (non-hydrogen) atoms. The minimum absolute atomic E-state index is 0.198. The van der Waals surface area contributed by atoms with E-state index in [0.717, 1.165) is 27.9 Å². The van der Waals surface area contributed by atoms with Crippen molar-refractivity contribution in [2.75, 3.05) is 19.0 Å². The van der Waals surface area contributed by atoms with Gasteiger partial charge in [-0.1, -0.05) is 35.9 Å². The summed E-state index contributed by atoms with van der Waals surface area (Å²) < 4.78 is 0. The van der Waals surface area contributed by atoms with E-state index in [1.54, 1.807) is 0 Å². The van der Waals surface area contributed by atoms with E-state index < -0.39 is 13.1 Å². The molecule has 0 spiro atoms. The summed E-state index contributed by atoms with van der Waals surface area (Å²) in [4.78, 5) is 14.3. The number of nitrogens with zero attached hydrogens (tertiary/aromatic N) is 1. The molecule has 2 rings (SSSR count). The van der Waals surface area contributed by atoms with Crippen molar-refractivity contribution in [2.24, 2.45) is 0 Å². The molecule has 1 atom stereocenters. The van der Waals surface area contributed by atoms with Crippen LogP contribution in [0.4, 0.5) is 5.69 Å². The lowest BCUT2D eigenvalue weighted by Gasteiger charge is -2.19. The summed E-state index contributed by atoms with van der Waals surface area (Å²) in [5, 5.41) is 22.1.